The van der Waals surface area contributed by atoms with Gasteiger partial charge in [0.25, 0.3) is 5.56 Å². The van der Waals surface area contributed by atoms with E-state index < -0.39 is 11.9 Å². The predicted octanol–water partition coefficient (Wildman–Crippen LogP) is 2.16. The predicted molar refractivity (Wildman–Crippen MR) is 99.7 cm³/mol. The van der Waals surface area contributed by atoms with Crippen molar-refractivity contribution in [2.24, 2.45) is 0 Å². The van der Waals surface area contributed by atoms with Crippen molar-refractivity contribution in [1.82, 2.24) is 9.38 Å². The molecule has 0 bridgehead atoms. The highest BCUT2D eigenvalue weighted by Crippen LogP contribution is 2.45. The van der Waals surface area contributed by atoms with Gasteiger partial charge in [0.15, 0.2) is 0 Å². The SMILES string of the molecule is COc1cc(OC)c([C@H]2CC(=O)Oc3nc4ccccn4c(=O)c32)c(OC)c1. The number of pyridine rings is 1. The van der Waals surface area contributed by atoms with Crippen LogP contribution in [0.3, 0.4) is 0 Å². The van der Waals surface area contributed by atoms with Crippen LogP contribution < -0.4 is 24.5 Å². The molecule has 1 aromatic carbocycles. The average molecular weight is 382 g/mol. The van der Waals surface area contributed by atoms with Gasteiger partial charge in [0.05, 0.1) is 33.3 Å². The number of fused-ring (bicyclic) bond motifs is 2. The fourth-order valence-electron chi connectivity index (χ4n) is 3.50. The van der Waals surface area contributed by atoms with Crippen LogP contribution in [-0.2, 0) is 4.79 Å². The van der Waals surface area contributed by atoms with Crippen LogP contribution in [0.2, 0.25) is 0 Å². The van der Waals surface area contributed by atoms with E-state index in [1.807, 2.05) is 0 Å². The molecule has 0 unspecified atom stereocenters. The average Bonchev–Trinajstić information content (AvgIpc) is 2.72. The number of carbonyl (C=O) groups is 1. The molecule has 2 aromatic heterocycles. The zero-order chi connectivity index (χ0) is 19.8. The molecule has 0 amide bonds. The summed E-state index contributed by atoms with van der Waals surface area (Å²) < 4.78 is 23.0. The van der Waals surface area contributed by atoms with Crippen LogP contribution in [0.1, 0.15) is 23.5 Å². The molecule has 1 aliphatic rings. The van der Waals surface area contributed by atoms with Gasteiger partial charge in [-0.1, -0.05) is 6.07 Å². The number of esters is 1. The van der Waals surface area contributed by atoms with Crippen LogP contribution >= 0.6 is 0 Å². The Hall–Kier alpha value is -3.55. The fraction of sp³-hybridized carbons (Fsp3) is 0.250. The molecule has 0 radical (unpaired) electrons. The van der Waals surface area contributed by atoms with Crippen molar-refractivity contribution >= 4 is 11.6 Å². The molecular weight excluding hydrogens is 364 g/mol. The fourth-order valence-corrected chi connectivity index (χ4v) is 3.50. The number of hydrogen-bond donors (Lipinski definition) is 0. The minimum Gasteiger partial charge on any atom is -0.496 e. The van der Waals surface area contributed by atoms with Gasteiger partial charge in [-0.2, -0.15) is 4.98 Å². The monoisotopic (exact) mass is 382 g/mol. The van der Waals surface area contributed by atoms with Gasteiger partial charge < -0.3 is 18.9 Å². The molecule has 144 valence electrons. The normalized spacial score (nSPS) is 15.7. The number of nitrogens with zero attached hydrogens (tertiary/aromatic N) is 2. The zero-order valence-corrected chi connectivity index (χ0v) is 15.6. The summed E-state index contributed by atoms with van der Waals surface area (Å²) in [6.07, 6.45) is 1.59. The van der Waals surface area contributed by atoms with Crippen molar-refractivity contribution in [3.05, 3.63) is 58.0 Å². The number of aromatic nitrogens is 2. The lowest BCUT2D eigenvalue weighted by Crippen LogP contribution is -2.31. The number of benzene rings is 1. The molecular formula is C20H18N2O6. The number of hydrogen-bond acceptors (Lipinski definition) is 7. The van der Waals surface area contributed by atoms with Gasteiger partial charge in [-0.15, -0.1) is 0 Å². The summed E-state index contributed by atoms with van der Waals surface area (Å²) in [4.78, 5) is 29.9. The highest BCUT2D eigenvalue weighted by molar-refractivity contribution is 5.78. The van der Waals surface area contributed by atoms with Crippen LogP contribution in [0.25, 0.3) is 5.65 Å². The van der Waals surface area contributed by atoms with Gasteiger partial charge in [-0.3, -0.25) is 14.0 Å². The molecule has 0 fully saturated rings. The molecule has 0 saturated carbocycles. The van der Waals surface area contributed by atoms with Crippen molar-refractivity contribution < 1.29 is 23.7 Å². The Morgan fingerprint density at radius 2 is 1.75 bits per heavy atom. The van der Waals surface area contributed by atoms with E-state index in [2.05, 4.69) is 4.98 Å². The molecule has 1 atom stereocenters. The van der Waals surface area contributed by atoms with Gasteiger partial charge in [0.2, 0.25) is 5.88 Å². The van der Waals surface area contributed by atoms with Gasteiger partial charge in [0, 0.05) is 29.8 Å². The molecule has 1 aliphatic heterocycles. The molecule has 4 rings (SSSR count). The molecule has 3 aromatic rings. The Kier molecular flexibility index (Phi) is 4.38. The molecule has 3 heterocycles. The minimum absolute atomic E-state index is 0.0115. The summed E-state index contributed by atoms with van der Waals surface area (Å²) in [5.74, 6) is 0.314. The Morgan fingerprint density at radius 3 is 2.39 bits per heavy atom. The van der Waals surface area contributed by atoms with Crippen molar-refractivity contribution in [3.63, 3.8) is 0 Å². The summed E-state index contributed by atoms with van der Waals surface area (Å²) in [6, 6.07) is 8.54. The van der Waals surface area contributed by atoms with Crippen LogP contribution in [0.15, 0.2) is 41.3 Å². The van der Waals surface area contributed by atoms with Crippen LogP contribution in [0.5, 0.6) is 23.1 Å². The molecule has 8 nitrogen and oxygen atoms in total. The largest absolute Gasteiger partial charge is 0.496 e. The lowest BCUT2D eigenvalue weighted by Gasteiger charge is -2.26. The van der Waals surface area contributed by atoms with Crippen LogP contribution in [0.4, 0.5) is 0 Å². The highest BCUT2D eigenvalue weighted by atomic mass is 16.5. The first-order chi connectivity index (χ1) is 13.6. The van der Waals surface area contributed by atoms with E-state index in [1.54, 1.807) is 36.5 Å². The van der Waals surface area contributed by atoms with E-state index in [0.29, 0.717) is 28.5 Å². The summed E-state index contributed by atoms with van der Waals surface area (Å²) in [5, 5.41) is 0. The van der Waals surface area contributed by atoms with Gasteiger partial charge in [-0.25, -0.2) is 0 Å². The maximum atomic E-state index is 13.2. The lowest BCUT2D eigenvalue weighted by molar-refractivity contribution is -0.135. The van der Waals surface area contributed by atoms with Crippen molar-refractivity contribution in [3.8, 4) is 23.1 Å². The maximum Gasteiger partial charge on any atom is 0.313 e. The second kappa shape index (κ2) is 6.88. The van der Waals surface area contributed by atoms with E-state index in [4.69, 9.17) is 18.9 Å². The van der Waals surface area contributed by atoms with Crippen molar-refractivity contribution in [2.45, 2.75) is 12.3 Å². The Balaban J connectivity index is 2.03. The lowest BCUT2D eigenvalue weighted by atomic mass is 9.86. The molecule has 0 saturated heterocycles. The summed E-state index contributed by atoms with van der Waals surface area (Å²) >= 11 is 0. The first-order valence-corrected chi connectivity index (χ1v) is 8.59. The summed E-state index contributed by atoms with van der Waals surface area (Å²) in [6.45, 7) is 0. The van der Waals surface area contributed by atoms with Crippen LogP contribution in [0, 0.1) is 0 Å². The number of carbonyl (C=O) groups excluding carboxylic acids is 1. The minimum atomic E-state index is -0.635. The summed E-state index contributed by atoms with van der Waals surface area (Å²) in [5.41, 5.74) is 0.940. The first-order valence-electron chi connectivity index (χ1n) is 8.59. The second-order valence-corrected chi connectivity index (χ2v) is 6.24. The Labute approximate surface area is 160 Å². The number of ether oxygens (including phenoxy) is 4. The third kappa shape index (κ3) is 2.74. The zero-order valence-electron chi connectivity index (χ0n) is 15.6. The standard InChI is InChI=1S/C20H18N2O6/c1-25-11-8-13(26-2)17(14(9-11)27-3)12-10-16(23)28-19-18(12)20(24)22-7-5-4-6-15(22)21-19/h4-9,12H,10H2,1-3H3/t12-/m1/s1. The molecule has 0 N–H and O–H groups in total. The van der Waals surface area contributed by atoms with E-state index in [9.17, 15) is 9.59 Å². The molecule has 0 spiro atoms. The molecule has 8 heteroatoms. The van der Waals surface area contributed by atoms with Gasteiger partial charge in [-0.05, 0) is 12.1 Å². The third-order valence-corrected chi connectivity index (χ3v) is 4.77. The van der Waals surface area contributed by atoms with Gasteiger partial charge in [0.1, 0.15) is 22.9 Å². The second-order valence-electron chi connectivity index (χ2n) is 6.24. The van der Waals surface area contributed by atoms with E-state index in [-0.39, 0.29) is 23.4 Å². The molecule has 28 heavy (non-hydrogen) atoms. The molecule has 0 aliphatic carbocycles. The summed E-state index contributed by atoms with van der Waals surface area (Å²) in [7, 11) is 4.54. The number of methoxy groups -OCH3 is 3. The van der Waals surface area contributed by atoms with E-state index in [0.717, 1.165) is 0 Å². The highest BCUT2D eigenvalue weighted by Gasteiger charge is 2.37. The smallest absolute Gasteiger partial charge is 0.313 e. The van der Waals surface area contributed by atoms with Crippen LogP contribution in [-0.4, -0.2) is 36.7 Å². The topological polar surface area (TPSA) is 88.4 Å². The van der Waals surface area contributed by atoms with E-state index in [1.165, 1.54) is 25.7 Å². The Bertz CT molecular complexity index is 1110. The maximum absolute atomic E-state index is 13.2. The number of rotatable bonds is 4. The van der Waals surface area contributed by atoms with Crippen molar-refractivity contribution in [2.75, 3.05) is 21.3 Å². The quantitative estimate of drug-likeness (QED) is 0.639. The van der Waals surface area contributed by atoms with Gasteiger partial charge >= 0.3 is 5.97 Å². The first kappa shape index (κ1) is 17.8. The van der Waals surface area contributed by atoms with E-state index >= 15 is 0 Å². The Morgan fingerprint density at radius 1 is 1.04 bits per heavy atom. The van der Waals surface area contributed by atoms with Crippen molar-refractivity contribution in [1.29, 1.82) is 0 Å². The third-order valence-electron chi connectivity index (χ3n) is 4.77.